The number of nitrogens with zero attached hydrogens (tertiary/aromatic N) is 4. The molecule has 0 spiro atoms. The summed E-state index contributed by atoms with van der Waals surface area (Å²) in [6.07, 6.45) is 2.59. The lowest BCUT2D eigenvalue weighted by molar-refractivity contribution is -0.116. The molecular weight excluding hydrogens is 556 g/mol. The number of anilines is 3. The predicted octanol–water partition coefficient (Wildman–Crippen LogP) is 6.17. The highest BCUT2D eigenvalue weighted by atomic mass is 35.5. The molecular formula is C31H33ClN6O4. The number of methoxy groups -OCH3 is 1. The third-order valence-corrected chi connectivity index (χ3v) is 6.54. The van der Waals surface area contributed by atoms with Crippen molar-refractivity contribution in [1.29, 1.82) is 5.26 Å². The second-order valence-corrected chi connectivity index (χ2v) is 10.0. The summed E-state index contributed by atoms with van der Waals surface area (Å²) < 4.78 is 16.8. The van der Waals surface area contributed by atoms with Gasteiger partial charge in [-0.15, -0.1) is 0 Å². The van der Waals surface area contributed by atoms with Gasteiger partial charge < -0.3 is 29.7 Å². The maximum absolute atomic E-state index is 12.7. The third kappa shape index (κ3) is 7.78. The number of carbonyl (C=O) groups excluding carboxylic acids is 1. The van der Waals surface area contributed by atoms with Crippen molar-refractivity contribution >= 4 is 45.5 Å². The molecule has 2 N–H and O–H groups in total. The smallest absolute Gasteiger partial charge is 0.224 e. The minimum atomic E-state index is -0.123. The Morgan fingerprint density at radius 3 is 2.67 bits per heavy atom. The first-order valence-corrected chi connectivity index (χ1v) is 13.8. The molecule has 0 atom stereocenters. The fourth-order valence-electron chi connectivity index (χ4n) is 4.22. The summed E-state index contributed by atoms with van der Waals surface area (Å²) in [6.45, 7) is 3.30. The predicted molar refractivity (Wildman–Crippen MR) is 164 cm³/mol. The van der Waals surface area contributed by atoms with Crippen molar-refractivity contribution in [1.82, 2.24) is 14.9 Å². The van der Waals surface area contributed by atoms with E-state index >= 15 is 0 Å². The van der Waals surface area contributed by atoms with E-state index in [1.54, 1.807) is 43.5 Å². The molecule has 0 saturated carbocycles. The molecule has 2 aromatic heterocycles. The number of amides is 1. The lowest BCUT2D eigenvalue weighted by atomic mass is 10.1. The van der Waals surface area contributed by atoms with E-state index in [1.165, 1.54) is 6.20 Å². The van der Waals surface area contributed by atoms with E-state index in [0.717, 1.165) is 13.0 Å². The van der Waals surface area contributed by atoms with E-state index < -0.39 is 0 Å². The van der Waals surface area contributed by atoms with Gasteiger partial charge in [0.2, 0.25) is 11.8 Å². The minimum Gasteiger partial charge on any atom is -0.492 e. The number of nitrogens with one attached hydrogen (secondary N) is 2. The molecule has 0 radical (unpaired) electrons. The molecule has 10 nitrogen and oxygen atoms in total. The van der Waals surface area contributed by atoms with Gasteiger partial charge in [-0.25, -0.2) is 4.98 Å². The standard InChI is InChI=1S/C31H33ClN6O4/c1-5-41-28-16-25-23(15-26(28)37-29(39)9-7-13-38(2)3)31(20(17-33)18-34-25)36-21-11-12-27(24(32)14-21)42-19-22-8-6-10-30(35-22)40-4/h6,8,10-12,14-16,18H,5,7,9,13,19H2,1-4H3,(H,34,36)(H,37,39). The van der Waals surface area contributed by atoms with Crippen LogP contribution in [0.4, 0.5) is 17.1 Å². The zero-order chi connectivity index (χ0) is 30.1. The van der Waals surface area contributed by atoms with Crippen LogP contribution in [0.2, 0.25) is 5.02 Å². The highest BCUT2D eigenvalue weighted by Gasteiger charge is 2.16. The van der Waals surface area contributed by atoms with Crippen LogP contribution >= 0.6 is 11.6 Å². The number of rotatable bonds is 13. The first-order valence-electron chi connectivity index (χ1n) is 13.4. The van der Waals surface area contributed by atoms with Crippen LogP contribution in [0.15, 0.2) is 54.7 Å². The summed E-state index contributed by atoms with van der Waals surface area (Å²) in [7, 11) is 5.49. The van der Waals surface area contributed by atoms with Gasteiger partial charge in [0, 0.05) is 35.8 Å². The van der Waals surface area contributed by atoms with Crippen molar-refractivity contribution in [3.63, 3.8) is 0 Å². The Labute approximate surface area is 250 Å². The van der Waals surface area contributed by atoms with E-state index in [2.05, 4.69) is 26.7 Å². The van der Waals surface area contributed by atoms with Gasteiger partial charge in [-0.1, -0.05) is 17.7 Å². The van der Waals surface area contributed by atoms with Crippen molar-refractivity contribution < 1.29 is 19.0 Å². The molecule has 2 aromatic carbocycles. The van der Waals surface area contributed by atoms with Crippen LogP contribution < -0.4 is 24.8 Å². The number of nitriles is 1. The van der Waals surface area contributed by atoms with Crippen molar-refractivity contribution in [2.45, 2.75) is 26.4 Å². The molecule has 0 unspecified atom stereocenters. The summed E-state index contributed by atoms with van der Waals surface area (Å²) in [6, 6.07) is 16.4. The minimum absolute atomic E-state index is 0.123. The van der Waals surface area contributed by atoms with E-state index in [1.807, 2.05) is 38.1 Å². The van der Waals surface area contributed by atoms with Gasteiger partial charge in [0.15, 0.2) is 0 Å². The molecule has 4 aromatic rings. The van der Waals surface area contributed by atoms with Crippen molar-refractivity contribution in [3.05, 3.63) is 71.0 Å². The molecule has 1 amide bonds. The van der Waals surface area contributed by atoms with E-state index in [0.29, 0.717) is 74.7 Å². The first-order chi connectivity index (χ1) is 20.3. The van der Waals surface area contributed by atoms with Crippen LogP contribution in [0.5, 0.6) is 17.4 Å². The zero-order valence-electron chi connectivity index (χ0n) is 24.0. The quantitative estimate of drug-likeness (QED) is 0.189. The molecule has 2 heterocycles. The Morgan fingerprint density at radius 1 is 1.12 bits per heavy atom. The van der Waals surface area contributed by atoms with Crippen LogP contribution in [-0.2, 0) is 11.4 Å². The molecule has 11 heteroatoms. The lowest BCUT2D eigenvalue weighted by Gasteiger charge is -2.17. The molecule has 0 bridgehead atoms. The average molecular weight is 589 g/mol. The van der Waals surface area contributed by atoms with Gasteiger partial charge in [-0.3, -0.25) is 9.78 Å². The zero-order valence-corrected chi connectivity index (χ0v) is 24.8. The van der Waals surface area contributed by atoms with E-state index in [9.17, 15) is 10.1 Å². The molecule has 0 saturated heterocycles. The van der Waals surface area contributed by atoms with Crippen LogP contribution in [0.25, 0.3) is 10.9 Å². The molecule has 218 valence electrons. The molecule has 42 heavy (non-hydrogen) atoms. The summed E-state index contributed by atoms with van der Waals surface area (Å²) in [5.41, 5.74) is 3.30. The summed E-state index contributed by atoms with van der Waals surface area (Å²) >= 11 is 6.56. The fraction of sp³-hybridized carbons (Fsp3) is 0.290. The fourth-order valence-corrected chi connectivity index (χ4v) is 4.46. The molecule has 0 fully saturated rings. The van der Waals surface area contributed by atoms with Crippen molar-refractivity contribution in [2.24, 2.45) is 0 Å². The monoisotopic (exact) mass is 588 g/mol. The van der Waals surface area contributed by atoms with Gasteiger partial charge in [-0.05, 0) is 64.3 Å². The second kappa shape index (κ2) is 14.3. The highest BCUT2D eigenvalue weighted by Crippen LogP contribution is 2.37. The first kappa shape index (κ1) is 30.4. The Kier molecular flexibility index (Phi) is 10.4. The number of ether oxygens (including phenoxy) is 3. The summed E-state index contributed by atoms with van der Waals surface area (Å²) in [4.78, 5) is 23.6. The second-order valence-electron chi connectivity index (χ2n) is 9.64. The van der Waals surface area contributed by atoms with Gasteiger partial charge in [0.05, 0.1) is 46.9 Å². The maximum atomic E-state index is 12.7. The topological polar surface area (TPSA) is 122 Å². The average Bonchev–Trinajstić information content (AvgIpc) is 2.97. The lowest BCUT2D eigenvalue weighted by Crippen LogP contribution is -2.17. The largest absolute Gasteiger partial charge is 0.492 e. The number of halogens is 1. The Hall–Kier alpha value is -4.59. The number of hydrogen-bond donors (Lipinski definition) is 2. The molecule has 4 rings (SSSR count). The Morgan fingerprint density at radius 2 is 1.95 bits per heavy atom. The maximum Gasteiger partial charge on any atom is 0.224 e. The number of carbonyl (C=O) groups is 1. The molecule has 0 aliphatic rings. The third-order valence-electron chi connectivity index (χ3n) is 6.24. The Balaban J connectivity index is 1.60. The number of aromatic nitrogens is 2. The van der Waals surface area contributed by atoms with E-state index in [-0.39, 0.29) is 12.5 Å². The van der Waals surface area contributed by atoms with Crippen molar-refractivity contribution in [2.75, 3.05) is 45.0 Å². The van der Waals surface area contributed by atoms with Gasteiger partial charge in [0.1, 0.15) is 24.2 Å². The summed E-state index contributed by atoms with van der Waals surface area (Å²) in [5.74, 6) is 1.36. The van der Waals surface area contributed by atoms with Gasteiger partial charge in [-0.2, -0.15) is 5.26 Å². The highest BCUT2D eigenvalue weighted by molar-refractivity contribution is 6.32. The SMILES string of the molecule is CCOc1cc2ncc(C#N)c(Nc3ccc(OCc4cccc(OC)n4)c(Cl)c3)c2cc1NC(=O)CCCN(C)C. The van der Waals surface area contributed by atoms with Crippen LogP contribution in [0, 0.1) is 11.3 Å². The molecule has 0 aliphatic heterocycles. The van der Waals surface area contributed by atoms with E-state index in [4.69, 9.17) is 25.8 Å². The van der Waals surface area contributed by atoms with Crippen LogP contribution in [0.1, 0.15) is 31.0 Å². The van der Waals surface area contributed by atoms with Crippen LogP contribution in [-0.4, -0.2) is 55.1 Å². The van der Waals surface area contributed by atoms with Crippen molar-refractivity contribution in [3.8, 4) is 23.4 Å². The van der Waals surface area contributed by atoms with Gasteiger partial charge >= 0.3 is 0 Å². The number of fused-ring (bicyclic) bond motifs is 1. The molecule has 0 aliphatic carbocycles. The van der Waals surface area contributed by atoms with Gasteiger partial charge in [0.25, 0.3) is 0 Å². The normalized spacial score (nSPS) is 10.8. The van der Waals surface area contributed by atoms with Crippen LogP contribution in [0.3, 0.4) is 0 Å². The number of pyridine rings is 2. The summed E-state index contributed by atoms with van der Waals surface area (Å²) in [5, 5.41) is 17.2. The number of hydrogen-bond acceptors (Lipinski definition) is 9. The number of benzene rings is 2. The Bertz CT molecular complexity index is 1600.